The monoisotopic (exact) mass is 506 g/mol. The first-order valence-electron chi connectivity index (χ1n) is 11.4. The number of benzene rings is 2. The second-order valence-electron chi connectivity index (χ2n) is 11.6. The predicted octanol–water partition coefficient (Wildman–Crippen LogP) is 8.41. The van der Waals surface area contributed by atoms with Gasteiger partial charge in [0.1, 0.15) is 12.4 Å². The second kappa shape index (κ2) is 9.84. The Balaban J connectivity index is 2.65. The lowest BCUT2D eigenvalue weighted by atomic mass is 10.2. The lowest BCUT2D eigenvalue weighted by molar-refractivity contribution is 0.108. The van der Waals surface area contributed by atoms with E-state index in [-0.39, 0.29) is 10.1 Å². The minimum Gasteiger partial charge on any atom is -0.541 e. The Morgan fingerprint density at radius 3 is 1.79 bits per heavy atom. The minimum atomic E-state index is -2.25. The van der Waals surface area contributed by atoms with Crippen LogP contribution in [0.25, 0.3) is 0 Å². The Morgan fingerprint density at radius 2 is 1.30 bits per heavy atom. The van der Waals surface area contributed by atoms with E-state index in [1.165, 1.54) is 0 Å². The number of halogens is 1. The van der Waals surface area contributed by atoms with Crippen molar-refractivity contribution in [1.29, 1.82) is 0 Å². The highest BCUT2D eigenvalue weighted by molar-refractivity contribution is 6.75. The third-order valence-electron chi connectivity index (χ3n) is 6.82. The van der Waals surface area contributed by atoms with Gasteiger partial charge in [0.2, 0.25) is 0 Å². The molecule has 2 aromatic rings. The molecule has 0 bridgehead atoms. The van der Waals surface area contributed by atoms with Gasteiger partial charge in [-0.1, -0.05) is 71.9 Å². The van der Waals surface area contributed by atoms with Gasteiger partial charge in [-0.25, -0.2) is 0 Å². The molecule has 0 unspecified atom stereocenters. The van der Waals surface area contributed by atoms with Gasteiger partial charge < -0.3 is 13.6 Å². The van der Waals surface area contributed by atoms with Crippen LogP contribution in [0.1, 0.15) is 57.5 Å². The molecule has 2 aromatic carbocycles. The van der Waals surface area contributed by atoms with Gasteiger partial charge in [0.05, 0.1) is 0 Å². The number of ether oxygens (including phenoxy) is 1. The number of rotatable bonds is 8. The molecule has 0 heterocycles. The molecule has 0 amide bonds. The third kappa shape index (κ3) is 6.87. The molecule has 0 aliphatic carbocycles. The van der Waals surface area contributed by atoms with Crippen LogP contribution in [0.2, 0.25) is 36.3 Å². The van der Waals surface area contributed by atoms with E-state index in [2.05, 4.69) is 67.7 Å². The normalized spacial score (nSPS) is 12.9. The third-order valence-corrected chi connectivity index (χ3v) is 15.7. The Bertz CT molecular complexity index is 974. The molecule has 0 N–H and O–H groups in total. The van der Waals surface area contributed by atoms with Crippen LogP contribution in [0.3, 0.4) is 0 Å². The maximum Gasteiger partial charge on any atom is 0.252 e. The molecule has 4 nitrogen and oxygen atoms in total. The summed E-state index contributed by atoms with van der Waals surface area (Å²) >= 11 is 5.91. The fourth-order valence-corrected chi connectivity index (χ4v) is 4.68. The van der Waals surface area contributed by atoms with E-state index in [1.54, 1.807) is 12.1 Å². The van der Waals surface area contributed by atoms with Crippen molar-refractivity contribution in [1.82, 2.24) is 0 Å². The van der Waals surface area contributed by atoms with Crippen LogP contribution in [0.5, 0.6) is 17.2 Å². The summed E-state index contributed by atoms with van der Waals surface area (Å²) in [6.07, 6.45) is 0. The quantitative estimate of drug-likeness (QED) is 0.266. The van der Waals surface area contributed by atoms with Gasteiger partial charge in [0, 0.05) is 5.56 Å². The number of hydrogen-bond donors (Lipinski definition) is 0. The average molecular weight is 507 g/mol. The van der Waals surface area contributed by atoms with Crippen molar-refractivity contribution in [2.75, 3.05) is 0 Å². The van der Waals surface area contributed by atoms with Crippen molar-refractivity contribution < 1.29 is 18.4 Å². The summed E-state index contributed by atoms with van der Waals surface area (Å²) in [6, 6.07) is 13.3. The first-order chi connectivity index (χ1) is 14.9. The van der Waals surface area contributed by atoms with Crippen molar-refractivity contribution >= 4 is 33.5 Å². The first-order valence-corrected chi connectivity index (χ1v) is 17.6. The predicted molar refractivity (Wildman–Crippen MR) is 143 cm³/mol. The zero-order valence-corrected chi connectivity index (χ0v) is 24.5. The van der Waals surface area contributed by atoms with Gasteiger partial charge in [-0.05, 0) is 65.6 Å². The highest BCUT2D eigenvalue weighted by Gasteiger charge is 2.43. The molecule has 0 atom stereocenters. The number of carbonyl (C=O) groups is 1. The van der Waals surface area contributed by atoms with Gasteiger partial charge in [0.25, 0.3) is 21.9 Å². The summed E-state index contributed by atoms with van der Waals surface area (Å²) in [5.74, 6) is 1.56. The molecular weight excluding hydrogens is 468 g/mol. The average Bonchev–Trinajstić information content (AvgIpc) is 2.66. The molecule has 0 aromatic heterocycles. The van der Waals surface area contributed by atoms with Gasteiger partial charge in [-0.3, -0.25) is 4.79 Å². The molecule has 33 heavy (non-hydrogen) atoms. The van der Waals surface area contributed by atoms with Crippen LogP contribution in [0.4, 0.5) is 0 Å². The highest BCUT2D eigenvalue weighted by Crippen LogP contribution is 2.48. The Labute approximate surface area is 206 Å². The second-order valence-corrected chi connectivity index (χ2v) is 21.4. The van der Waals surface area contributed by atoms with Gasteiger partial charge in [-0.2, -0.15) is 0 Å². The lowest BCUT2D eigenvalue weighted by Crippen LogP contribution is -2.46. The maximum absolute atomic E-state index is 12.2. The highest BCUT2D eigenvalue weighted by atomic mass is 35.5. The Kier molecular flexibility index (Phi) is 8.20. The van der Waals surface area contributed by atoms with Crippen LogP contribution in [0.15, 0.2) is 42.5 Å². The summed E-state index contributed by atoms with van der Waals surface area (Å²) in [5, 5.41) is -0.620. The summed E-state index contributed by atoms with van der Waals surface area (Å²) in [4.78, 5) is 12.2. The SMILES string of the molecule is CC(C)(C)[Si](C)(C)Oc1cc(C(=O)Cl)cc(OCc2ccccc2)c1O[Si](C)(C)C(C)(C)C. The molecule has 0 spiro atoms. The van der Waals surface area contributed by atoms with E-state index < -0.39 is 21.9 Å². The minimum absolute atomic E-state index is 0.0289. The van der Waals surface area contributed by atoms with Crippen LogP contribution in [0, 0.1) is 0 Å². The number of carbonyl (C=O) groups excluding carboxylic acids is 1. The summed E-state index contributed by atoms with van der Waals surface area (Å²) in [6.45, 7) is 22.2. The molecule has 0 aliphatic heterocycles. The van der Waals surface area contributed by atoms with E-state index in [4.69, 9.17) is 25.2 Å². The standard InChI is InChI=1S/C26H39ClO4Si2/c1-25(2,3)32(7,8)30-22-17-20(24(27)28)16-21(29-18-19-14-12-11-13-15-19)23(22)31-33(9,10)26(4,5)6/h11-17H,18H2,1-10H3. The Morgan fingerprint density at radius 1 is 0.818 bits per heavy atom. The van der Waals surface area contributed by atoms with Gasteiger partial charge in [-0.15, -0.1) is 0 Å². The van der Waals surface area contributed by atoms with Crippen LogP contribution in [-0.4, -0.2) is 21.9 Å². The molecule has 0 radical (unpaired) electrons. The molecular formula is C26H39ClO4Si2. The molecule has 0 aliphatic rings. The smallest absolute Gasteiger partial charge is 0.252 e. The molecule has 182 valence electrons. The van der Waals surface area contributed by atoms with Gasteiger partial charge in [0.15, 0.2) is 11.5 Å². The van der Waals surface area contributed by atoms with Crippen LogP contribution >= 0.6 is 11.6 Å². The fourth-order valence-electron chi connectivity index (χ4n) is 2.55. The maximum atomic E-state index is 12.2. The van der Waals surface area contributed by atoms with Crippen molar-refractivity contribution in [3.8, 4) is 17.2 Å². The summed E-state index contributed by atoms with van der Waals surface area (Å²) in [7, 11) is -4.49. The van der Waals surface area contributed by atoms with Crippen LogP contribution < -0.4 is 13.6 Å². The van der Waals surface area contributed by atoms with E-state index in [0.717, 1.165) is 5.56 Å². The van der Waals surface area contributed by atoms with E-state index >= 15 is 0 Å². The summed E-state index contributed by atoms with van der Waals surface area (Å²) < 4.78 is 19.7. The zero-order valence-electron chi connectivity index (χ0n) is 21.8. The van der Waals surface area contributed by atoms with Gasteiger partial charge >= 0.3 is 0 Å². The van der Waals surface area contributed by atoms with E-state index in [0.29, 0.717) is 29.4 Å². The van der Waals surface area contributed by atoms with E-state index in [1.807, 2.05) is 30.3 Å². The topological polar surface area (TPSA) is 44.8 Å². The number of hydrogen-bond acceptors (Lipinski definition) is 4. The van der Waals surface area contributed by atoms with Crippen molar-refractivity contribution in [3.05, 3.63) is 53.6 Å². The zero-order chi connectivity index (χ0) is 25.2. The molecule has 7 heteroatoms. The molecule has 0 saturated carbocycles. The van der Waals surface area contributed by atoms with Crippen LogP contribution in [-0.2, 0) is 6.61 Å². The molecule has 0 saturated heterocycles. The van der Waals surface area contributed by atoms with Crippen molar-refractivity contribution in [2.24, 2.45) is 0 Å². The first kappa shape index (κ1) is 27.5. The largest absolute Gasteiger partial charge is 0.541 e. The van der Waals surface area contributed by atoms with Crippen molar-refractivity contribution in [2.45, 2.75) is 84.4 Å². The Hall–Kier alpha value is -1.77. The van der Waals surface area contributed by atoms with E-state index in [9.17, 15) is 4.79 Å². The molecule has 0 fully saturated rings. The fraction of sp³-hybridized carbons (Fsp3) is 0.500. The molecule has 2 rings (SSSR count). The summed E-state index contributed by atoms with van der Waals surface area (Å²) in [5.41, 5.74) is 1.35. The van der Waals surface area contributed by atoms with Crippen molar-refractivity contribution in [3.63, 3.8) is 0 Å². The lowest BCUT2D eigenvalue weighted by Gasteiger charge is -2.40.